The highest BCUT2D eigenvalue weighted by atomic mass is 79.9. The van der Waals surface area contributed by atoms with E-state index in [0.29, 0.717) is 26.7 Å². The van der Waals surface area contributed by atoms with E-state index in [1.165, 1.54) is 12.4 Å². The average molecular weight is 364 g/mol. The van der Waals surface area contributed by atoms with Gasteiger partial charge in [-0.3, -0.25) is 9.78 Å². The highest BCUT2D eigenvalue weighted by molar-refractivity contribution is 9.10. The van der Waals surface area contributed by atoms with Crippen LogP contribution in [0.4, 0.5) is 0 Å². The van der Waals surface area contributed by atoms with Crippen molar-refractivity contribution in [3.63, 3.8) is 0 Å². The summed E-state index contributed by atoms with van der Waals surface area (Å²) < 4.78 is 0.475. The topological polar surface area (TPSA) is 94.8 Å². The Labute approximate surface area is 135 Å². The van der Waals surface area contributed by atoms with Crippen molar-refractivity contribution in [2.45, 2.75) is 13.8 Å². The van der Waals surface area contributed by atoms with Crippen molar-refractivity contribution < 1.29 is 15.0 Å². The number of aromatic hydroxyl groups is 2. The van der Waals surface area contributed by atoms with Crippen LogP contribution in [0, 0.1) is 13.8 Å². The van der Waals surface area contributed by atoms with E-state index >= 15 is 0 Å². The number of carbonyl (C=O) groups is 1. The number of phenolic OH excluding ortho intramolecular Hbond substituents is 2. The van der Waals surface area contributed by atoms with Crippen LogP contribution in [0.15, 0.2) is 34.1 Å². The number of halogens is 1. The number of benzene rings is 1. The van der Waals surface area contributed by atoms with E-state index in [9.17, 15) is 15.0 Å². The molecule has 0 atom stereocenters. The normalized spacial score (nSPS) is 10.9. The Morgan fingerprint density at radius 1 is 1.32 bits per heavy atom. The zero-order valence-corrected chi connectivity index (χ0v) is 13.5. The lowest BCUT2D eigenvalue weighted by Gasteiger charge is -2.11. The van der Waals surface area contributed by atoms with E-state index in [0.717, 1.165) is 0 Å². The molecule has 0 saturated heterocycles. The molecular weight excluding hydrogens is 350 g/mol. The predicted octanol–water partition coefficient (Wildman–Crippen LogP) is 2.64. The monoisotopic (exact) mass is 363 g/mol. The second kappa shape index (κ2) is 6.57. The van der Waals surface area contributed by atoms with Gasteiger partial charge in [0, 0.05) is 23.5 Å². The molecular formula is C15H14BrN3O3. The summed E-state index contributed by atoms with van der Waals surface area (Å²) in [5, 5.41) is 23.7. The molecule has 0 aliphatic rings. The number of rotatable bonds is 3. The molecule has 0 radical (unpaired) electrons. The fourth-order valence-electron chi connectivity index (χ4n) is 1.83. The van der Waals surface area contributed by atoms with Crippen molar-refractivity contribution in [1.29, 1.82) is 0 Å². The SMILES string of the molecule is Cc1c(O)c(Br)c(C)c(/C=N/NC(=O)c2cccnc2)c1O. The molecule has 22 heavy (non-hydrogen) atoms. The minimum absolute atomic E-state index is 0.0217. The van der Waals surface area contributed by atoms with Gasteiger partial charge in [0.25, 0.3) is 5.91 Å². The van der Waals surface area contributed by atoms with Crippen molar-refractivity contribution in [1.82, 2.24) is 10.4 Å². The first-order valence-electron chi connectivity index (χ1n) is 6.37. The summed E-state index contributed by atoms with van der Waals surface area (Å²) in [4.78, 5) is 15.7. The molecule has 1 amide bonds. The second-order valence-electron chi connectivity index (χ2n) is 4.62. The van der Waals surface area contributed by atoms with Crippen LogP contribution in [0.25, 0.3) is 0 Å². The number of hydrazone groups is 1. The lowest BCUT2D eigenvalue weighted by Crippen LogP contribution is -2.17. The quantitative estimate of drug-likeness (QED) is 0.576. The third-order valence-corrected chi connectivity index (χ3v) is 4.16. The maximum absolute atomic E-state index is 11.8. The van der Waals surface area contributed by atoms with Crippen LogP contribution in [-0.4, -0.2) is 27.3 Å². The fourth-order valence-corrected chi connectivity index (χ4v) is 2.34. The fraction of sp³-hybridized carbons (Fsp3) is 0.133. The number of carbonyl (C=O) groups excluding carboxylic acids is 1. The predicted molar refractivity (Wildman–Crippen MR) is 86.2 cm³/mol. The summed E-state index contributed by atoms with van der Waals surface area (Å²) in [5.41, 5.74) is 4.09. The summed E-state index contributed by atoms with van der Waals surface area (Å²) in [6.07, 6.45) is 4.32. The third kappa shape index (κ3) is 3.09. The number of phenols is 2. The molecule has 1 heterocycles. The highest BCUT2D eigenvalue weighted by Gasteiger charge is 2.16. The van der Waals surface area contributed by atoms with Crippen LogP contribution >= 0.6 is 15.9 Å². The molecule has 0 spiro atoms. The second-order valence-corrected chi connectivity index (χ2v) is 5.41. The van der Waals surface area contributed by atoms with Gasteiger partial charge in [0.1, 0.15) is 11.5 Å². The Kier molecular flexibility index (Phi) is 4.77. The molecule has 0 fully saturated rings. The Morgan fingerprint density at radius 2 is 2.05 bits per heavy atom. The smallest absolute Gasteiger partial charge is 0.272 e. The van der Waals surface area contributed by atoms with E-state index in [4.69, 9.17) is 0 Å². The van der Waals surface area contributed by atoms with Crippen LogP contribution in [-0.2, 0) is 0 Å². The summed E-state index contributed by atoms with van der Waals surface area (Å²) >= 11 is 3.25. The van der Waals surface area contributed by atoms with Crippen molar-refractivity contribution in [2.24, 2.45) is 5.10 Å². The van der Waals surface area contributed by atoms with E-state index in [1.54, 1.807) is 32.2 Å². The molecule has 0 aliphatic heterocycles. The van der Waals surface area contributed by atoms with Gasteiger partial charge in [-0.15, -0.1) is 0 Å². The molecule has 7 heteroatoms. The van der Waals surface area contributed by atoms with Gasteiger partial charge in [-0.2, -0.15) is 5.10 Å². The minimum Gasteiger partial charge on any atom is -0.507 e. The van der Waals surface area contributed by atoms with Crippen LogP contribution in [0.2, 0.25) is 0 Å². The summed E-state index contributed by atoms with van der Waals surface area (Å²) in [6.45, 7) is 3.30. The molecule has 0 saturated carbocycles. The van der Waals surface area contributed by atoms with Gasteiger partial charge in [0.05, 0.1) is 16.3 Å². The van der Waals surface area contributed by atoms with E-state index in [-0.39, 0.29) is 11.5 Å². The average Bonchev–Trinajstić information content (AvgIpc) is 2.55. The number of nitrogens with zero attached hydrogens (tertiary/aromatic N) is 2. The molecule has 1 aromatic carbocycles. The van der Waals surface area contributed by atoms with Gasteiger partial charge >= 0.3 is 0 Å². The first-order valence-corrected chi connectivity index (χ1v) is 7.16. The largest absolute Gasteiger partial charge is 0.507 e. The summed E-state index contributed by atoms with van der Waals surface area (Å²) in [5.74, 6) is -0.514. The van der Waals surface area contributed by atoms with Crippen LogP contribution in [0.1, 0.15) is 27.0 Å². The minimum atomic E-state index is -0.406. The molecule has 0 unspecified atom stereocenters. The number of amides is 1. The highest BCUT2D eigenvalue weighted by Crippen LogP contribution is 2.39. The van der Waals surface area contributed by atoms with Gasteiger partial charge in [-0.25, -0.2) is 5.43 Å². The Balaban J connectivity index is 2.23. The Bertz CT molecular complexity index is 716. The molecule has 3 N–H and O–H groups in total. The number of aromatic nitrogens is 1. The van der Waals surface area contributed by atoms with Gasteiger partial charge < -0.3 is 10.2 Å². The summed E-state index contributed by atoms with van der Waals surface area (Å²) in [6, 6.07) is 3.26. The first kappa shape index (κ1) is 16.0. The summed E-state index contributed by atoms with van der Waals surface area (Å²) in [7, 11) is 0. The Morgan fingerprint density at radius 3 is 2.68 bits per heavy atom. The molecule has 6 nitrogen and oxygen atoms in total. The van der Waals surface area contributed by atoms with E-state index in [2.05, 4.69) is 31.4 Å². The molecule has 2 rings (SSSR count). The van der Waals surface area contributed by atoms with Gasteiger partial charge in [-0.1, -0.05) is 0 Å². The zero-order chi connectivity index (χ0) is 16.3. The standard InChI is InChI=1S/C15H14BrN3O3/c1-8-11(13(20)9(2)14(21)12(8)16)7-18-19-15(22)10-4-3-5-17-6-10/h3-7,20-21H,1-2H3,(H,19,22)/b18-7+. The maximum Gasteiger partial charge on any atom is 0.272 e. The van der Waals surface area contributed by atoms with Crippen molar-refractivity contribution in [3.05, 3.63) is 51.3 Å². The molecule has 1 aromatic heterocycles. The van der Waals surface area contributed by atoms with Crippen LogP contribution < -0.4 is 5.43 Å². The lowest BCUT2D eigenvalue weighted by molar-refractivity contribution is 0.0954. The number of hydrogen-bond donors (Lipinski definition) is 3. The molecule has 0 bridgehead atoms. The van der Waals surface area contributed by atoms with Crippen molar-refractivity contribution in [2.75, 3.05) is 0 Å². The zero-order valence-electron chi connectivity index (χ0n) is 12.0. The first-order chi connectivity index (χ1) is 10.4. The Hall–Kier alpha value is -2.41. The van der Waals surface area contributed by atoms with E-state index < -0.39 is 5.91 Å². The van der Waals surface area contributed by atoms with Crippen LogP contribution in [0.5, 0.6) is 11.5 Å². The van der Waals surface area contributed by atoms with Crippen molar-refractivity contribution in [3.8, 4) is 11.5 Å². The number of hydrogen-bond acceptors (Lipinski definition) is 5. The van der Waals surface area contributed by atoms with E-state index in [1.807, 2.05) is 0 Å². The maximum atomic E-state index is 11.8. The molecule has 114 valence electrons. The number of nitrogens with one attached hydrogen (secondary N) is 1. The lowest BCUT2D eigenvalue weighted by atomic mass is 10.0. The molecule has 0 aliphatic carbocycles. The molecule has 2 aromatic rings. The van der Waals surface area contributed by atoms with Crippen LogP contribution in [0.3, 0.4) is 0 Å². The van der Waals surface area contributed by atoms with Gasteiger partial charge in [-0.05, 0) is 47.5 Å². The van der Waals surface area contributed by atoms with Gasteiger partial charge in [0.2, 0.25) is 0 Å². The number of pyridine rings is 1. The third-order valence-electron chi connectivity index (χ3n) is 3.19. The van der Waals surface area contributed by atoms with Gasteiger partial charge in [0.15, 0.2) is 0 Å². The van der Waals surface area contributed by atoms with Crippen molar-refractivity contribution >= 4 is 28.1 Å².